The van der Waals surface area contributed by atoms with Gasteiger partial charge >= 0.3 is 5.97 Å². The molecule has 0 aliphatic carbocycles. The molecule has 4 nitrogen and oxygen atoms in total. The highest BCUT2D eigenvalue weighted by Crippen LogP contribution is 2.01. The van der Waals surface area contributed by atoms with Crippen LogP contribution in [0.5, 0.6) is 0 Å². The van der Waals surface area contributed by atoms with Crippen molar-refractivity contribution in [3.05, 3.63) is 49.3 Å². The van der Waals surface area contributed by atoms with E-state index in [4.69, 9.17) is 4.74 Å². The molecule has 0 aliphatic rings. The second-order valence-corrected chi connectivity index (χ2v) is 2.80. The number of rotatable bonds is 7. The number of allylic oxidation sites excluding steroid dienone is 5. The number of aliphatic hydroxyl groups is 1. The maximum absolute atomic E-state index is 10.7. The first kappa shape index (κ1) is 14.2. The fraction of sp³-hybridized carbons (Fsp3) is 0.250. The molecule has 16 heavy (non-hydrogen) atoms. The van der Waals surface area contributed by atoms with Gasteiger partial charge in [-0.05, 0) is 13.0 Å². The lowest BCUT2D eigenvalue weighted by molar-refractivity contribution is -0.153. The molecule has 0 radical (unpaired) electrons. The van der Waals surface area contributed by atoms with Gasteiger partial charge in [0.15, 0.2) is 6.61 Å². The van der Waals surface area contributed by atoms with Crippen LogP contribution in [0.4, 0.5) is 0 Å². The van der Waals surface area contributed by atoms with Crippen LogP contribution >= 0.6 is 0 Å². The summed E-state index contributed by atoms with van der Waals surface area (Å²) >= 11 is 0. The third kappa shape index (κ3) is 7.58. The van der Waals surface area contributed by atoms with Gasteiger partial charge in [0, 0.05) is 6.08 Å². The third-order valence-corrected chi connectivity index (χ3v) is 1.43. The van der Waals surface area contributed by atoms with Gasteiger partial charge in [-0.2, -0.15) is 0 Å². The Labute approximate surface area is 95.2 Å². The summed E-state index contributed by atoms with van der Waals surface area (Å²) < 4.78 is 9.60. The van der Waals surface area contributed by atoms with E-state index in [-0.39, 0.29) is 6.61 Å². The normalized spacial score (nSPS) is 13.2. The molecule has 88 valence electrons. The fourth-order valence-corrected chi connectivity index (χ4v) is 0.770. The molecule has 1 atom stereocenters. The van der Waals surface area contributed by atoms with Gasteiger partial charge < -0.3 is 14.6 Å². The maximum atomic E-state index is 10.7. The number of carbonyl (C=O) groups excluding carboxylic acids is 1. The zero-order valence-corrected chi connectivity index (χ0v) is 9.26. The molecule has 0 rings (SSSR count). The zero-order chi connectivity index (χ0) is 12.4. The fourth-order valence-electron chi connectivity index (χ4n) is 0.770. The van der Waals surface area contributed by atoms with Gasteiger partial charge in [0.05, 0.1) is 5.76 Å². The Morgan fingerprint density at radius 2 is 2.12 bits per heavy atom. The summed E-state index contributed by atoms with van der Waals surface area (Å²) in [4.78, 5) is 10.7. The van der Waals surface area contributed by atoms with Crippen molar-refractivity contribution < 1.29 is 19.4 Å². The Kier molecular flexibility index (Phi) is 7.53. The lowest BCUT2D eigenvalue weighted by atomic mass is 10.4. The van der Waals surface area contributed by atoms with Crippen LogP contribution in [0.1, 0.15) is 6.92 Å². The first-order valence-electron chi connectivity index (χ1n) is 4.70. The highest BCUT2D eigenvalue weighted by Gasteiger charge is 2.07. The molecule has 0 spiro atoms. The SMILES string of the molecule is C=C/C=C\C=C(/C)OC(O)COC(=O)C=C. The van der Waals surface area contributed by atoms with Crippen molar-refractivity contribution in [3.8, 4) is 0 Å². The van der Waals surface area contributed by atoms with Crippen LogP contribution in [0.2, 0.25) is 0 Å². The highest BCUT2D eigenvalue weighted by atomic mass is 16.6. The predicted molar refractivity (Wildman–Crippen MR) is 61.3 cm³/mol. The Morgan fingerprint density at radius 3 is 2.69 bits per heavy atom. The summed E-state index contributed by atoms with van der Waals surface area (Å²) in [5.41, 5.74) is 0. The summed E-state index contributed by atoms with van der Waals surface area (Å²) in [6, 6.07) is 0. The molecule has 0 aromatic carbocycles. The molecule has 0 saturated carbocycles. The molecule has 0 fully saturated rings. The summed E-state index contributed by atoms with van der Waals surface area (Å²) in [5, 5.41) is 9.30. The predicted octanol–water partition coefficient (Wildman–Crippen LogP) is 1.70. The maximum Gasteiger partial charge on any atom is 0.330 e. The number of esters is 1. The van der Waals surface area contributed by atoms with Crippen LogP contribution in [0.25, 0.3) is 0 Å². The summed E-state index contributed by atoms with van der Waals surface area (Å²) in [6.07, 6.45) is 6.54. The molecule has 0 saturated heterocycles. The minimum absolute atomic E-state index is 0.235. The van der Waals surface area contributed by atoms with Crippen LogP contribution in [0.15, 0.2) is 49.3 Å². The molecule has 0 bridgehead atoms. The largest absolute Gasteiger partial charge is 0.466 e. The zero-order valence-electron chi connectivity index (χ0n) is 9.26. The first-order valence-corrected chi connectivity index (χ1v) is 4.70. The number of ether oxygens (including phenoxy) is 2. The van der Waals surface area contributed by atoms with Gasteiger partial charge in [0.1, 0.15) is 0 Å². The van der Waals surface area contributed by atoms with Crippen molar-refractivity contribution in [1.29, 1.82) is 0 Å². The molecule has 1 unspecified atom stereocenters. The van der Waals surface area contributed by atoms with E-state index >= 15 is 0 Å². The Bertz CT molecular complexity index is 302. The molecule has 0 aromatic heterocycles. The van der Waals surface area contributed by atoms with E-state index in [2.05, 4.69) is 17.9 Å². The molecule has 4 heteroatoms. The minimum Gasteiger partial charge on any atom is -0.466 e. The van der Waals surface area contributed by atoms with E-state index in [0.29, 0.717) is 5.76 Å². The lowest BCUT2D eigenvalue weighted by Crippen LogP contribution is -2.20. The molecule has 0 amide bonds. The van der Waals surface area contributed by atoms with E-state index in [1.54, 1.807) is 31.2 Å². The smallest absolute Gasteiger partial charge is 0.330 e. The summed E-state index contributed by atoms with van der Waals surface area (Å²) in [5.74, 6) is -0.101. The first-order chi connectivity index (χ1) is 7.60. The summed E-state index contributed by atoms with van der Waals surface area (Å²) in [6.45, 7) is 8.16. The van der Waals surface area contributed by atoms with Crippen LogP contribution in [-0.2, 0) is 14.3 Å². The van der Waals surface area contributed by atoms with Gasteiger partial charge in [-0.1, -0.05) is 31.4 Å². The standard InChI is InChI=1S/C12H16O4/c1-4-6-7-8-10(3)16-12(14)9-15-11(13)5-2/h4-8,12,14H,1-2,9H2,3H3/b7-6-,10-8+. The minimum atomic E-state index is -1.18. The second kappa shape index (κ2) is 8.49. The van der Waals surface area contributed by atoms with Crippen molar-refractivity contribution in [2.75, 3.05) is 6.61 Å². The molecular formula is C12H16O4. The molecular weight excluding hydrogens is 208 g/mol. The third-order valence-electron chi connectivity index (χ3n) is 1.43. The number of aliphatic hydroxyl groups excluding tert-OH is 1. The van der Waals surface area contributed by atoms with E-state index in [9.17, 15) is 9.90 Å². The van der Waals surface area contributed by atoms with Crippen molar-refractivity contribution >= 4 is 5.97 Å². The summed E-state index contributed by atoms with van der Waals surface area (Å²) in [7, 11) is 0. The van der Waals surface area contributed by atoms with Crippen LogP contribution in [0.3, 0.4) is 0 Å². The van der Waals surface area contributed by atoms with E-state index in [0.717, 1.165) is 6.08 Å². The Balaban J connectivity index is 3.94. The Hall–Kier alpha value is -1.81. The lowest BCUT2D eigenvalue weighted by Gasteiger charge is -2.12. The molecule has 1 N–H and O–H groups in total. The van der Waals surface area contributed by atoms with Gasteiger partial charge in [-0.25, -0.2) is 4.79 Å². The number of carbonyl (C=O) groups is 1. The highest BCUT2D eigenvalue weighted by molar-refractivity contribution is 5.81. The monoisotopic (exact) mass is 224 g/mol. The topological polar surface area (TPSA) is 55.8 Å². The van der Waals surface area contributed by atoms with Crippen LogP contribution < -0.4 is 0 Å². The van der Waals surface area contributed by atoms with Crippen molar-refractivity contribution in [2.24, 2.45) is 0 Å². The van der Waals surface area contributed by atoms with Crippen molar-refractivity contribution in [1.82, 2.24) is 0 Å². The second-order valence-electron chi connectivity index (χ2n) is 2.80. The van der Waals surface area contributed by atoms with Crippen molar-refractivity contribution in [3.63, 3.8) is 0 Å². The van der Waals surface area contributed by atoms with Gasteiger partial charge in [0.25, 0.3) is 0 Å². The Morgan fingerprint density at radius 1 is 1.44 bits per heavy atom. The molecule has 0 aromatic rings. The van der Waals surface area contributed by atoms with Crippen LogP contribution in [-0.4, -0.2) is 24.0 Å². The van der Waals surface area contributed by atoms with E-state index < -0.39 is 12.3 Å². The van der Waals surface area contributed by atoms with Crippen LogP contribution in [0, 0.1) is 0 Å². The molecule has 0 heterocycles. The number of hydrogen-bond donors (Lipinski definition) is 1. The number of hydrogen-bond acceptors (Lipinski definition) is 4. The average molecular weight is 224 g/mol. The van der Waals surface area contributed by atoms with Crippen molar-refractivity contribution in [2.45, 2.75) is 13.2 Å². The van der Waals surface area contributed by atoms with E-state index in [1.165, 1.54) is 0 Å². The quantitative estimate of drug-likeness (QED) is 0.235. The average Bonchev–Trinajstić information content (AvgIpc) is 2.26. The van der Waals surface area contributed by atoms with Gasteiger partial charge in [0.2, 0.25) is 6.29 Å². The molecule has 0 aliphatic heterocycles. The van der Waals surface area contributed by atoms with Gasteiger partial charge in [-0.3, -0.25) is 0 Å². The van der Waals surface area contributed by atoms with E-state index in [1.807, 2.05) is 0 Å². The van der Waals surface area contributed by atoms with Gasteiger partial charge in [-0.15, -0.1) is 0 Å².